The molecule has 2 aromatic carbocycles. The molecular weight excluding hydrogens is 410 g/mol. The summed E-state index contributed by atoms with van der Waals surface area (Å²) in [6, 6.07) is 16.5. The average Bonchev–Trinajstić information content (AvgIpc) is 2.51. The van der Waals surface area contributed by atoms with Gasteiger partial charge >= 0.3 is 0 Å². The first-order chi connectivity index (χ1) is 11.6. The van der Waals surface area contributed by atoms with Gasteiger partial charge in [-0.15, -0.1) is 12.4 Å². The molecule has 2 nitrogen and oxygen atoms in total. The van der Waals surface area contributed by atoms with Gasteiger partial charge in [0.15, 0.2) is 0 Å². The third-order valence-electron chi connectivity index (χ3n) is 3.99. The first kappa shape index (κ1) is 23.0. The molecule has 1 N–H and O–H groups in total. The van der Waals surface area contributed by atoms with Crippen molar-refractivity contribution >= 4 is 28.3 Å². The van der Waals surface area contributed by atoms with E-state index in [1.807, 2.05) is 30.3 Å². The van der Waals surface area contributed by atoms with Crippen molar-refractivity contribution in [2.45, 2.75) is 59.7 Å². The van der Waals surface area contributed by atoms with E-state index in [9.17, 15) is 0 Å². The number of rotatable bonds is 7. The van der Waals surface area contributed by atoms with E-state index in [2.05, 4.69) is 74.1 Å². The Kier molecular flexibility index (Phi) is 8.65. The van der Waals surface area contributed by atoms with Crippen LogP contribution in [-0.4, -0.2) is 5.54 Å². The zero-order valence-corrected chi connectivity index (χ0v) is 18.8. The van der Waals surface area contributed by atoms with E-state index in [-0.39, 0.29) is 17.9 Å². The van der Waals surface area contributed by atoms with Gasteiger partial charge in [-0.2, -0.15) is 0 Å². The van der Waals surface area contributed by atoms with Crippen LogP contribution in [0.5, 0.6) is 5.75 Å². The topological polar surface area (TPSA) is 21.3 Å². The normalized spacial score (nSPS) is 11.8. The van der Waals surface area contributed by atoms with Crippen molar-refractivity contribution in [2.75, 3.05) is 0 Å². The zero-order chi connectivity index (χ0) is 18.5. The van der Waals surface area contributed by atoms with Crippen LogP contribution in [0.15, 0.2) is 53.0 Å². The van der Waals surface area contributed by atoms with Gasteiger partial charge in [0.25, 0.3) is 0 Å². The van der Waals surface area contributed by atoms with Crippen molar-refractivity contribution in [3.05, 3.63) is 64.1 Å². The van der Waals surface area contributed by atoms with Crippen molar-refractivity contribution in [3.8, 4) is 5.75 Å². The van der Waals surface area contributed by atoms with E-state index >= 15 is 0 Å². The second-order valence-electron chi connectivity index (χ2n) is 8.50. The molecule has 2 aromatic rings. The Balaban J connectivity index is 0.00000338. The van der Waals surface area contributed by atoms with Gasteiger partial charge in [-0.05, 0) is 49.4 Å². The van der Waals surface area contributed by atoms with Gasteiger partial charge in [0, 0.05) is 22.1 Å². The number of nitrogens with one attached hydrogen (secondary N) is 1. The molecule has 0 saturated heterocycles. The van der Waals surface area contributed by atoms with Gasteiger partial charge in [-0.3, -0.25) is 0 Å². The lowest BCUT2D eigenvalue weighted by Gasteiger charge is -2.33. The number of hydrogen-bond donors (Lipinski definition) is 1. The minimum Gasteiger partial charge on any atom is -0.489 e. The van der Waals surface area contributed by atoms with Gasteiger partial charge in [-0.1, -0.05) is 67.0 Å². The predicted molar refractivity (Wildman–Crippen MR) is 117 cm³/mol. The second-order valence-corrected chi connectivity index (χ2v) is 9.42. The first-order valence-electron chi connectivity index (χ1n) is 8.85. The summed E-state index contributed by atoms with van der Waals surface area (Å²) in [6.45, 7) is 12.7. The zero-order valence-electron chi connectivity index (χ0n) is 16.4. The van der Waals surface area contributed by atoms with Crippen molar-refractivity contribution in [1.82, 2.24) is 5.32 Å². The Labute approximate surface area is 173 Å². The SMILES string of the molecule is CC(C)(C)CC(C)(C)NCc1cc(Br)ccc1OCc1ccccc1.Cl. The lowest BCUT2D eigenvalue weighted by atomic mass is 9.82. The summed E-state index contributed by atoms with van der Waals surface area (Å²) >= 11 is 3.58. The molecule has 0 amide bonds. The van der Waals surface area contributed by atoms with Crippen LogP contribution in [-0.2, 0) is 13.2 Å². The van der Waals surface area contributed by atoms with Crippen molar-refractivity contribution in [2.24, 2.45) is 5.41 Å². The molecule has 0 aliphatic carbocycles. The predicted octanol–water partition coefficient (Wildman–Crippen LogP) is 6.75. The quantitative estimate of drug-likeness (QED) is 0.514. The Morgan fingerprint density at radius 3 is 2.23 bits per heavy atom. The van der Waals surface area contributed by atoms with E-state index in [0.29, 0.717) is 12.0 Å². The van der Waals surface area contributed by atoms with Gasteiger partial charge in [0.1, 0.15) is 12.4 Å². The van der Waals surface area contributed by atoms with E-state index in [1.54, 1.807) is 0 Å². The highest BCUT2D eigenvalue weighted by Gasteiger charge is 2.25. The van der Waals surface area contributed by atoms with Crippen LogP contribution in [0.2, 0.25) is 0 Å². The van der Waals surface area contributed by atoms with E-state index in [1.165, 1.54) is 11.1 Å². The van der Waals surface area contributed by atoms with Gasteiger partial charge in [0.2, 0.25) is 0 Å². The fourth-order valence-electron chi connectivity index (χ4n) is 3.29. The molecule has 0 unspecified atom stereocenters. The van der Waals surface area contributed by atoms with Crippen LogP contribution in [0.1, 0.15) is 52.2 Å². The molecule has 4 heteroatoms. The number of benzene rings is 2. The number of hydrogen-bond acceptors (Lipinski definition) is 2. The number of ether oxygens (including phenoxy) is 1. The van der Waals surface area contributed by atoms with Crippen LogP contribution in [0.4, 0.5) is 0 Å². The molecule has 0 aliphatic rings. The Morgan fingerprint density at radius 2 is 1.62 bits per heavy atom. The van der Waals surface area contributed by atoms with Crippen LogP contribution in [0.25, 0.3) is 0 Å². The summed E-state index contributed by atoms with van der Waals surface area (Å²) in [5.41, 5.74) is 2.71. The van der Waals surface area contributed by atoms with Crippen LogP contribution in [0, 0.1) is 5.41 Å². The second kappa shape index (κ2) is 9.77. The molecule has 0 atom stereocenters. The summed E-state index contributed by atoms with van der Waals surface area (Å²) in [6.07, 6.45) is 1.11. The summed E-state index contributed by atoms with van der Waals surface area (Å²) in [5, 5.41) is 3.70. The average molecular weight is 441 g/mol. The molecule has 0 fully saturated rings. The minimum atomic E-state index is 0. The van der Waals surface area contributed by atoms with Crippen LogP contribution >= 0.6 is 28.3 Å². The largest absolute Gasteiger partial charge is 0.489 e. The first-order valence-corrected chi connectivity index (χ1v) is 9.64. The highest BCUT2D eigenvalue weighted by Crippen LogP contribution is 2.29. The molecule has 2 rings (SSSR count). The minimum absolute atomic E-state index is 0. The highest BCUT2D eigenvalue weighted by atomic mass is 79.9. The monoisotopic (exact) mass is 439 g/mol. The highest BCUT2D eigenvalue weighted by molar-refractivity contribution is 9.10. The Morgan fingerprint density at radius 1 is 0.962 bits per heavy atom. The summed E-state index contributed by atoms with van der Waals surface area (Å²) in [4.78, 5) is 0. The van der Waals surface area contributed by atoms with Crippen LogP contribution in [0.3, 0.4) is 0 Å². The van der Waals surface area contributed by atoms with Crippen molar-refractivity contribution < 1.29 is 4.74 Å². The number of halogens is 2. The molecule has 0 aliphatic heterocycles. The van der Waals surface area contributed by atoms with E-state index in [0.717, 1.165) is 23.2 Å². The standard InChI is InChI=1S/C22H30BrNO.ClH/c1-21(2,3)16-22(4,5)24-14-18-13-19(23)11-12-20(18)25-15-17-9-7-6-8-10-17;/h6-13,24H,14-16H2,1-5H3;1H. The summed E-state index contributed by atoms with van der Waals surface area (Å²) in [5.74, 6) is 0.936. The van der Waals surface area contributed by atoms with Crippen molar-refractivity contribution in [1.29, 1.82) is 0 Å². The van der Waals surface area contributed by atoms with Crippen molar-refractivity contribution in [3.63, 3.8) is 0 Å². The summed E-state index contributed by atoms with van der Waals surface area (Å²) in [7, 11) is 0. The molecule has 0 radical (unpaired) electrons. The van der Waals surface area contributed by atoms with E-state index in [4.69, 9.17) is 4.74 Å². The molecular formula is C22H31BrClNO. The van der Waals surface area contributed by atoms with Gasteiger partial charge in [-0.25, -0.2) is 0 Å². The molecule has 0 saturated carbocycles. The fraction of sp³-hybridized carbons (Fsp3) is 0.455. The van der Waals surface area contributed by atoms with Crippen LogP contribution < -0.4 is 10.1 Å². The van der Waals surface area contributed by atoms with Gasteiger partial charge < -0.3 is 10.1 Å². The fourth-order valence-corrected chi connectivity index (χ4v) is 3.69. The molecule has 144 valence electrons. The maximum atomic E-state index is 6.08. The smallest absolute Gasteiger partial charge is 0.124 e. The third-order valence-corrected chi connectivity index (χ3v) is 4.48. The van der Waals surface area contributed by atoms with Gasteiger partial charge in [0.05, 0.1) is 0 Å². The molecule has 0 spiro atoms. The summed E-state index contributed by atoms with van der Waals surface area (Å²) < 4.78 is 7.16. The third kappa shape index (κ3) is 8.11. The molecule has 26 heavy (non-hydrogen) atoms. The lowest BCUT2D eigenvalue weighted by Crippen LogP contribution is -2.41. The molecule has 0 heterocycles. The Hall–Kier alpha value is -1.03. The maximum Gasteiger partial charge on any atom is 0.124 e. The molecule has 0 aromatic heterocycles. The Bertz CT molecular complexity index is 680. The van der Waals surface area contributed by atoms with E-state index < -0.39 is 0 Å². The lowest BCUT2D eigenvalue weighted by molar-refractivity contribution is 0.238. The molecule has 0 bridgehead atoms. The maximum absolute atomic E-state index is 6.08.